The molecule has 0 aliphatic carbocycles. The predicted octanol–water partition coefficient (Wildman–Crippen LogP) is 1.95. The molecule has 4 nitrogen and oxygen atoms in total. The third-order valence-corrected chi connectivity index (χ3v) is 1.20. The van der Waals surface area contributed by atoms with Crippen LogP contribution in [0, 0.1) is 16.8 Å². The van der Waals surface area contributed by atoms with Gasteiger partial charge in [-0.25, -0.2) is 4.39 Å². The minimum Gasteiger partial charge on any atom is -0.592 e. The highest BCUT2D eigenvalue weighted by molar-refractivity contribution is 5.31. The first-order valence-corrected chi connectivity index (χ1v) is 2.92. The number of hydrogen-bond donors (Lipinski definition) is 1. The minimum absolute atomic E-state index is 0.418. The fourth-order valence-electron chi connectivity index (χ4n) is 0.681. The molecule has 0 heterocycles. The molecule has 0 aromatic heterocycles. The van der Waals surface area contributed by atoms with Gasteiger partial charge in [0, 0.05) is 0 Å². The molecule has 0 aliphatic rings. The Balaban J connectivity index is 3.23. The average molecular weight is 174 g/mol. The van der Waals surface area contributed by atoms with Crippen molar-refractivity contribution in [3.05, 3.63) is 35.0 Å². The van der Waals surface area contributed by atoms with Gasteiger partial charge in [-0.15, -0.1) is 0 Å². The summed E-state index contributed by atoms with van der Waals surface area (Å²) in [7, 11) is 0. The van der Waals surface area contributed by atoms with E-state index in [9.17, 15) is 14.0 Å². The van der Waals surface area contributed by atoms with Crippen LogP contribution in [0.1, 0.15) is 0 Å². The van der Waals surface area contributed by atoms with Crippen LogP contribution in [0.3, 0.4) is 0 Å². The summed E-state index contributed by atoms with van der Waals surface area (Å²) in [6.45, 7) is 0. The summed E-state index contributed by atoms with van der Waals surface area (Å²) in [5, 5.41) is 20.6. The second-order valence-electron chi connectivity index (χ2n) is 1.96. The van der Waals surface area contributed by atoms with Gasteiger partial charge in [-0.05, 0) is 17.0 Å². The molecule has 1 aromatic rings. The van der Waals surface area contributed by atoms with Gasteiger partial charge in [-0.3, -0.25) is 0 Å². The van der Waals surface area contributed by atoms with Crippen molar-refractivity contribution in [2.45, 2.75) is 0 Å². The maximum Gasteiger partial charge on any atom is 0.286 e. The van der Waals surface area contributed by atoms with Gasteiger partial charge >= 0.3 is 0 Å². The van der Waals surface area contributed by atoms with E-state index in [1.54, 1.807) is 0 Å². The molecule has 6 heteroatoms. The normalized spacial score (nSPS) is 11.7. The summed E-state index contributed by atoms with van der Waals surface area (Å²) in [6.07, 6.45) is 0. The number of hydrogen-bond acceptors (Lipinski definition) is 2. The van der Waals surface area contributed by atoms with Crippen molar-refractivity contribution in [1.82, 2.24) is 0 Å². The van der Waals surface area contributed by atoms with Crippen LogP contribution in [0.15, 0.2) is 23.5 Å². The third-order valence-electron chi connectivity index (χ3n) is 1.20. The molecule has 1 N–H and O–H groups in total. The first-order chi connectivity index (χ1) is 5.65. The third kappa shape index (κ3) is 1.47. The van der Waals surface area contributed by atoms with Gasteiger partial charge < -0.3 is 10.4 Å². The van der Waals surface area contributed by atoms with Gasteiger partial charge in [0.05, 0.1) is 6.07 Å². The van der Waals surface area contributed by atoms with Crippen LogP contribution in [0.4, 0.5) is 14.5 Å². The van der Waals surface area contributed by atoms with Crippen LogP contribution in [0.2, 0.25) is 0 Å². The topological polar surface area (TPSA) is 58.7 Å². The first kappa shape index (κ1) is 8.38. The molecule has 0 saturated carbocycles. The van der Waals surface area contributed by atoms with Crippen molar-refractivity contribution in [2.75, 3.05) is 0 Å². The lowest BCUT2D eigenvalue weighted by Gasteiger charge is -1.97. The van der Waals surface area contributed by atoms with Gasteiger partial charge in [-0.2, -0.15) is 4.39 Å². The summed E-state index contributed by atoms with van der Waals surface area (Å²) in [4.78, 5) is -0.418. The van der Waals surface area contributed by atoms with Crippen LogP contribution in [-0.2, 0) is 0 Å². The number of nitrogens with zero attached hydrogens (tertiary/aromatic N) is 2. The second kappa shape index (κ2) is 3.12. The summed E-state index contributed by atoms with van der Waals surface area (Å²) in [5.74, 6) is -1.74. The summed E-state index contributed by atoms with van der Waals surface area (Å²) in [6, 6.07) is 2.24. The average Bonchev–Trinajstić information content (AvgIpc) is 2.08. The van der Waals surface area contributed by atoms with Crippen molar-refractivity contribution >= 4 is 5.69 Å². The number of rotatable bonds is 1. The zero-order valence-corrected chi connectivity index (χ0v) is 5.74. The summed E-state index contributed by atoms with van der Waals surface area (Å²) in [5.41, 5.74) is -0.669. The largest absolute Gasteiger partial charge is 0.592 e. The Bertz CT molecular complexity index is 327. The quantitative estimate of drug-likeness (QED) is 0.401. The van der Waals surface area contributed by atoms with E-state index in [0.29, 0.717) is 6.07 Å². The van der Waals surface area contributed by atoms with E-state index in [1.807, 2.05) is 0 Å². The maximum absolute atomic E-state index is 12.6. The summed E-state index contributed by atoms with van der Waals surface area (Å²) < 4.78 is 25.0. The predicted molar refractivity (Wildman–Crippen MR) is 33.9 cm³/mol. The Morgan fingerprint density at radius 1 is 1.42 bits per heavy atom. The summed E-state index contributed by atoms with van der Waals surface area (Å²) >= 11 is 0. The first-order valence-electron chi connectivity index (χ1n) is 2.92. The molecule has 0 saturated heterocycles. The van der Waals surface area contributed by atoms with Gasteiger partial charge in [0.2, 0.25) is 5.28 Å². The number of halogens is 2. The molecular formula is C6H4F2N2O2. The molecule has 0 aliphatic heterocycles. The van der Waals surface area contributed by atoms with Crippen molar-refractivity contribution < 1.29 is 18.8 Å². The fourth-order valence-corrected chi connectivity index (χ4v) is 0.681. The van der Waals surface area contributed by atoms with E-state index in [1.165, 1.54) is 0 Å². The van der Waals surface area contributed by atoms with Crippen LogP contribution in [0.25, 0.3) is 0 Å². The minimum atomic E-state index is -0.954. The zero-order chi connectivity index (χ0) is 9.14. The SMILES string of the molecule is [O-][N+](=NO)c1cc(F)ccc1F. The van der Waals surface area contributed by atoms with Crippen molar-refractivity contribution in [3.8, 4) is 0 Å². The molecule has 0 amide bonds. The molecule has 0 spiro atoms. The van der Waals surface area contributed by atoms with Gasteiger partial charge in [-0.1, -0.05) is 0 Å². The lowest BCUT2D eigenvalue weighted by molar-refractivity contribution is -0.476. The fraction of sp³-hybridized carbons (Fsp3) is 0. The van der Waals surface area contributed by atoms with Crippen LogP contribution >= 0.6 is 0 Å². The lowest BCUT2D eigenvalue weighted by Crippen LogP contribution is -1.94. The molecular weight excluding hydrogens is 170 g/mol. The smallest absolute Gasteiger partial charge is 0.286 e. The standard InChI is InChI=1S/C6H4F2N2O2/c7-4-1-2-5(8)6(3-4)10(12)9-11/h1-3,11H. The molecule has 12 heavy (non-hydrogen) atoms. The number of benzene rings is 1. The van der Waals surface area contributed by atoms with E-state index in [4.69, 9.17) is 5.21 Å². The van der Waals surface area contributed by atoms with Crippen molar-refractivity contribution in [1.29, 1.82) is 0 Å². The Kier molecular flexibility index (Phi) is 2.18. The Morgan fingerprint density at radius 3 is 2.67 bits per heavy atom. The molecule has 0 fully saturated rings. The van der Waals surface area contributed by atoms with Gasteiger partial charge in [0.25, 0.3) is 5.69 Å². The van der Waals surface area contributed by atoms with Gasteiger partial charge in [0.1, 0.15) is 5.82 Å². The zero-order valence-electron chi connectivity index (χ0n) is 5.74. The van der Waals surface area contributed by atoms with E-state index in [2.05, 4.69) is 5.28 Å². The van der Waals surface area contributed by atoms with Crippen LogP contribution in [0.5, 0.6) is 0 Å². The van der Waals surface area contributed by atoms with Crippen LogP contribution in [-0.4, -0.2) is 10.1 Å². The molecule has 1 rings (SSSR count). The Labute approximate surface area is 65.9 Å². The van der Waals surface area contributed by atoms with Crippen molar-refractivity contribution in [3.63, 3.8) is 0 Å². The highest BCUT2D eigenvalue weighted by Crippen LogP contribution is 2.17. The van der Waals surface area contributed by atoms with Gasteiger partial charge in [0.15, 0.2) is 5.82 Å². The maximum atomic E-state index is 12.6. The molecule has 0 unspecified atom stereocenters. The highest BCUT2D eigenvalue weighted by atomic mass is 19.1. The van der Waals surface area contributed by atoms with Crippen molar-refractivity contribution in [2.24, 2.45) is 5.28 Å². The van der Waals surface area contributed by atoms with E-state index < -0.39 is 22.2 Å². The molecule has 64 valence electrons. The molecule has 0 atom stereocenters. The van der Waals surface area contributed by atoms with E-state index in [-0.39, 0.29) is 0 Å². The Hall–Kier alpha value is -1.72. The molecule has 0 bridgehead atoms. The lowest BCUT2D eigenvalue weighted by atomic mass is 10.3. The highest BCUT2D eigenvalue weighted by Gasteiger charge is 2.12. The Morgan fingerprint density at radius 2 is 2.08 bits per heavy atom. The van der Waals surface area contributed by atoms with E-state index in [0.717, 1.165) is 12.1 Å². The monoisotopic (exact) mass is 174 g/mol. The van der Waals surface area contributed by atoms with Crippen LogP contribution < -0.4 is 0 Å². The van der Waals surface area contributed by atoms with E-state index >= 15 is 0 Å². The molecule has 0 radical (unpaired) electrons. The molecule has 1 aromatic carbocycles. The second-order valence-corrected chi connectivity index (χ2v) is 1.96.